The highest BCUT2D eigenvalue weighted by Crippen LogP contribution is 2.44. The van der Waals surface area contributed by atoms with Crippen LogP contribution < -0.4 is 14.8 Å². The van der Waals surface area contributed by atoms with E-state index in [4.69, 9.17) is 14.2 Å². The van der Waals surface area contributed by atoms with Crippen LogP contribution in [0.1, 0.15) is 33.7 Å². The maximum Gasteiger partial charge on any atom is 0.407 e. The number of nitrogens with one attached hydrogen (secondary N) is 1. The standard InChI is InChI=1S/C33H30N2O8/c1-20-11-13-29(35(39)40)31(15-20)42-18-22-16-21(12-14-30(22)41-2)17-28(32(36)37)34-33(38)43-19-27-25-9-5-3-7-23(25)24-8-4-6-10-26(24)27/h3-16,27-28H,17-19H2,1-2H3,(H,34,38)(H,36,37). The fourth-order valence-corrected chi connectivity index (χ4v) is 5.33. The van der Waals surface area contributed by atoms with Crippen molar-refractivity contribution in [3.05, 3.63) is 123 Å². The van der Waals surface area contributed by atoms with Crippen LogP contribution in [0.5, 0.6) is 11.5 Å². The number of nitro benzene ring substituents is 1. The van der Waals surface area contributed by atoms with Crippen LogP contribution in [-0.4, -0.2) is 41.9 Å². The van der Waals surface area contributed by atoms with E-state index < -0.39 is 23.0 Å². The molecule has 0 aromatic heterocycles. The van der Waals surface area contributed by atoms with Gasteiger partial charge in [-0.3, -0.25) is 10.1 Å². The summed E-state index contributed by atoms with van der Waals surface area (Å²) in [6, 6.07) is 24.2. The van der Waals surface area contributed by atoms with E-state index in [1.54, 1.807) is 37.3 Å². The molecular formula is C33H30N2O8. The molecule has 220 valence electrons. The Morgan fingerprint density at radius 1 is 0.953 bits per heavy atom. The maximum atomic E-state index is 12.8. The second-order valence-corrected chi connectivity index (χ2v) is 10.2. The third kappa shape index (κ3) is 6.43. The summed E-state index contributed by atoms with van der Waals surface area (Å²) in [5.41, 5.74) is 6.05. The Bertz CT molecular complexity index is 1640. The van der Waals surface area contributed by atoms with Crippen LogP contribution in [0.4, 0.5) is 10.5 Å². The van der Waals surface area contributed by atoms with Crippen LogP contribution in [0.15, 0.2) is 84.9 Å². The lowest BCUT2D eigenvalue weighted by Crippen LogP contribution is -2.42. The van der Waals surface area contributed by atoms with Gasteiger partial charge in [0.1, 0.15) is 25.0 Å². The van der Waals surface area contributed by atoms with Gasteiger partial charge in [-0.1, -0.05) is 60.7 Å². The number of nitrogens with zero attached hydrogens (tertiary/aromatic N) is 1. The fourth-order valence-electron chi connectivity index (χ4n) is 5.33. The molecule has 5 rings (SSSR count). The number of aryl methyl sites for hydroxylation is 1. The third-order valence-electron chi connectivity index (χ3n) is 7.41. The van der Waals surface area contributed by atoms with Crippen molar-refractivity contribution < 1.29 is 33.8 Å². The SMILES string of the molecule is COc1ccc(CC(NC(=O)OCC2c3ccccc3-c3ccccc32)C(=O)O)cc1COc1cc(C)ccc1[N+](=O)[O-]. The molecule has 43 heavy (non-hydrogen) atoms. The molecule has 10 nitrogen and oxygen atoms in total. The molecule has 0 spiro atoms. The monoisotopic (exact) mass is 582 g/mol. The number of carbonyl (C=O) groups is 2. The van der Waals surface area contributed by atoms with Gasteiger partial charge in [-0.25, -0.2) is 9.59 Å². The summed E-state index contributed by atoms with van der Waals surface area (Å²) in [5, 5.41) is 23.8. The van der Waals surface area contributed by atoms with Crippen LogP contribution in [0.3, 0.4) is 0 Å². The highest BCUT2D eigenvalue weighted by molar-refractivity contribution is 5.81. The van der Waals surface area contributed by atoms with E-state index in [1.165, 1.54) is 13.2 Å². The van der Waals surface area contributed by atoms with Crippen molar-refractivity contribution in [1.29, 1.82) is 0 Å². The van der Waals surface area contributed by atoms with Crippen molar-refractivity contribution in [2.24, 2.45) is 0 Å². The molecule has 0 bridgehead atoms. The second kappa shape index (κ2) is 12.6. The molecule has 1 unspecified atom stereocenters. The summed E-state index contributed by atoms with van der Waals surface area (Å²) in [6.45, 7) is 1.80. The summed E-state index contributed by atoms with van der Waals surface area (Å²) >= 11 is 0. The summed E-state index contributed by atoms with van der Waals surface area (Å²) in [7, 11) is 1.48. The molecule has 10 heteroatoms. The van der Waals surface area contributed by atoms with Crippen LogP contribution in [0, 0.1) is 17.0 Å². The maximum absolute atomic E-state index is 12.8. The Morgan fingerprint density at radius 3 is 2.26 bits per heavy atom. The molecule has 0 heterocycles. The molecule has 4 aromatic carbocycles. The molecule has 0 fully saturated rings. The summed E-state index contributed by atoms with van der Waals surface area (Å²) in [5.74, 6) is -0.805. The van der Waals surface area contributed by atoms with Crippen LogP contribution in [0.25, 0.3) is 11.1 Å². The zero-order valence-corrected chi connectivity index (χ0v) is 23.6. The third-order valence-corrected chi connectivity index (χ3v) is 7.41. The molecule has 1 aliphatic rings. The summed E-state index contributed by atoms with van der Waals surface area (Å²) < 4.78 is 16.7. The number of methoxy groups -OCH3 is 1. The number of fused-ring (bicyclic) bond motifs is 3. The van der Waals surface area contributed by atoms with Crippen molar-refractivity contribution in [2.45, 2.75) is 31.9 Å². The number of carbonyl (C=O) groups excluding carboxylic acids is 1. The van der Waals surface area contributed by atoms with Gasteiger partial charge >= 0.3 is 17.7 Å². The van der Waals surface area contributed by atoms with E-state index >= 15 is 0 Å². The predicted octanol–water partition coefficient (Wildman–Crippen LogP) is 6.03. The van der Waals surface area contributed by atoms with E-state index in [2.05, 4.69) is 5.32 Å². The minimum absolute atomic E-state index is 0.0406. The zero-order valence-electron chi connectivity index (χ0n) is 23.6. The minimum Gasteiger partial charge on any atom is -0.496 e. The van der Waals surface area contributed by atoms with Crippen molar-refractivity contribution in [3.63, 3.8) is 0 Å². The van der Waals surface area contributed by atoms with Crippen LogP contribution >= 0.6 is 0 Å². The Kier molecular flexibility index (Phi) is 8.56. The lowest BCUT2D eigenvalue weighted by atomic mass is 9.98. The number of hydrogen-bond donors (Lipinski definition) is 2. The lowest BCUT2D eigenvalue weighted by Gasteiger charge is -2.18. The van der Waals surface area contributed by atoms with Crippen molar-refractivity contribution in [2.75, 3.05) is 13.7 Å². The molecule has 0 radical (unpaired) electrons. The molecular weight excluding hydrogens is 552 g/mol. The highest BCUT2D eigenvalue weighted by Gasteiger charge is 2.30. The number of amides is 1. The first-order chi connectivity index (χ1) is 20.7. The van der Waals surface area contributed by atoms with E-state index in [1.807, 2.05) is 48.5 Å². The average Bonchev–Trinajstić information content (AvgIpc) is 3.32. The number of alkyl carbamates (subject to hydrolysis) is 1. The summed E-state index contributed by atoms with van der Waals surface area (Å²) in [4.78, 5) is 35.8. The van der Waals surface area contributed by atoms with Crippen LogP contribution in [-0.2, 0) is 22.6 Å². The minimum atomic E-state index is -1.27. The van der Waals surface area contributed by atoms with Crippen molar-refractivity contribution in [1.82, 2.24) is 5.32 Å². The molecule has 4 aromatic rings. The first-order valence-electron chi connectivity index (χ1n) is 13.6. The number of nitro groups is 1. The van der Waals surface area contributed by atoms with E-state index in [0.717, 1.165) is 27.8 Å². The molecule has 1 amide bonds. The summed E-state index contributed by atoms with van der Waals surface area (Å²) in [6.07, 6.45) is -0.876. The molecule has 0 saturated heterocycles. The van der Waals surface area contributed by atoms with Crippen molar-refractivity contribution >= 4 is 17.7 Å². The first kappa shape index (κ1) is 29.1. The molecule has 0 aliphatic heterocycles. The molecule has 0 saturated carbocycles. The Hall–Kier alpha value is -5.38. The van der Waals surface area contributed by atoms with Gasteiger partial charge in [0.05, 0.1) is 12.0 Å². The second-order valence-electron chi connectivity index (χ2n) is 10.2. The largest absolute Gasteiger partial charge is 0.496 e. The van der Waals surface area contributed by atoms with Gasteiger partial charge < -0.3 is 24.6 Å². The van der Waals surface area contributed by atoms with Gasteiger partial charge in [0.25, 0.3) is 0 Å². The quantitative estimate of drug-likeness (QED) is 0.162. The smallest absolute Gasteiger partial charge is 0.407 e. The topological polar surface area (TPSA) is 137 Å². The van der Waals surface area contributed by atoms with Gasteiger partial charge in [0, 0.05) is 24.0 Å². The fraction of sp³-hybridized carbons (Fsp3) is 0.212. The van der Waals surface area contributed by atoms with E-state index in [-0.39, 0.29) is 37.0 Å². The van der Waals surface area contributed by atoms with E-state index in [0.29, 0.717) is 16.9 Å². The molecule has 1 aliphatic carbocycles. The van der Waals surface area contributed by atoms with Gasteiger partial charge in [0.15, 0.2) is 5.75 Å². The number of rotatable bonds is 11. The Labute approximate surface area is 248 Å². The van der Waals surface area contributed by atoms with Gasteiger partial charge in [0.2, 0.25) is 0 Å². The molecule has 2 N–H and O–H groups in total. The zero-order chi connectivity index (χ0) is 30.5. The number of ether oxygens (including phenoxy) is 3. The Morgan fingerprint density at radius 2 is 1.63 bits per heavy atom. The van der Waals surface area contributed by atoms with Gasteiger partial charge in [-0.05, 0) is 58.5 Å². The van der Waals surface area contributed by atoms with E-state index in [9.17, 15) is 24.8 Å². The number of carboxylic acids is 1. The average molecular weight is 583 g/mol. The van der Waals surface area contributed by atoms with Gasteiger partial charge in [-0.2, -0.15) is 0 Å². The number of benzene rings is 4. The predicted molar refractivity (Wildman–Crippen MR) is 158 cm³/mol. The van der Waals surface area contributed by atoms with Gasteiger partial charge in [-0.15, -0.1) is 0 Å². The lowest BCUT2D eigenvalue weighted by molar-refractivity contribution is -0.386. The highest BCUT2D eigenvalue weighted by atomic mass is 16.6. The first-order valence-corrected chi connectivity index (χ1v) is 13.6. The molecule has 1 atom stereocenters. The number of aliphatic carboxylic acids is 1. The van der Waals surface area contributed by atoms with Crippen LogP contribution in [0.2, 0.25) is 0 Å². The normalized spacial score (nSPS) is 12.5. The number of carboxylic acid groups (broad SMARTS) is 1. The number of hydrogen-bond acceptors (Lipinski definition) is 7. The van der Waals surface area contributed by atoms with Crippen molar-refractivity contribution in [3.8, 4) is 22.6 Å². The Balaban J connectivity index is 1.25.